The largest absolute Gasteiger partial charge is 0.378 e. The topological polar surface area (TPSA) is 66.0 Å². The molecule has 0 spiro atoms. The number of anilines is 5. The van der Waals surface area contributed by atoms with Crippen LogP contribution in [-0.2, 0) is 6.42 Å². The second-order valence-electron chi connectivity index (χ2n) is 6.32. The van der Waals surface area contributed by atoms with Crippen LogP contribution >= 0.6 is 0 Å². The number of rotatable bonds is 6. The lowest BCUT2D eigenvalue weighted by molar-refractivity contribution is 0.981. The molecule has 0 amide bonds. The Morgan fingerprint density at radius 2 is 1.77 bits per heavy atom. The van der Waals surface area contributed by atoms with E-state index < -0.39 is 0 Å². The van der Waals surface area contributed by atoms with Gasteiger partial charge in [-0.15, -0.1) is 5.10 Å². The number of hydrogen-bond acceptors (Lipinski definition) is 6. The lowest BCUT2D eigenvalue weighted by atomic mass is 10.1. The van der Waals surface area contributed by atoms with Gasteiger partial charge in [0.2, 0.25) is 5.95 Å². The molecule has 1 aromatic heterocycles. The Bertz CT molecular complexity index is 874. The number of nitrogens with one attached hydrogen (secondary N) is 2. The quantitative estimate of drug-likeness (QED) is 0.692. The summed E-state index contributed by atoms with van der Waals surface area (Å²) < 4.78 is 0. The van der Waals surface area contributed by atoms with Crippen molar-refractivity contribution in [3.63, 3.8) is 0 Å². The van der Waals surface area contributed by atoms with Gasteiger partial charge in [-0.1, -0.05) is 25.1 Å². The molecular formula is C20H24N6. The number of benzene rings is 2. The maximum atomic E-state index is 4.53. The molecule has 0 atom stereocenters. The average Bonchev–Trinajstić information content (AvgIpc) is 2.64. The molecule has 6 nitrogen and oxygen atoms in total. The van der Waals surface area contributed by atoms with Crippen LogP contribution in [0.5, 0.6) is 0 Å². The number of aromatic nitrogens is 3. The molecule has 0 bridgehead atoms. The third-order valence-corrected chi connectivity index (χ3v) is 4.19. The van der Waals surface area contributed by atoms with Gasteiger partial charge in [-0.25, -0.2) is 0 Å². The summed E-state index contributed by atoms with van der Waals surface area (Å²) in [6, 6.07) is 14.3. The predicted molar refractivity (Wildman–Crippen MR) is 108 cm³/mol. The van der Waals surface area contributed by atoms with Crippen LogP contribution in [0.25, 0.3) is 0 Å². The molecule has 3 aromatic rings. The van der Waals surface area contributed by atoms with E-state index in [-0.39, 0.29) is 0 Å². The number of nitrogens with zero attached hydrogens (tertiary/aromatic N) is 4. The highest BCUT2D eigenvalue weighted by atomic mass is 15.3. The molecule has 134 valence electrons. The Balaban J connectivity index is 1.78. The first-order valence-electron chi connectivity index (χ1n) is 8.66. The minimum atomic E-state index is 0.458. The van der Waals surface area contributed by atoms with Crippen molar-refractivity contribution in [3.05, 3.63) is 59.8 Å². The van der Waals surface area contributed by atoms with Gasteiger partial charge in [0.1, 0.15) is 0 Å². The molecule has 0 saturated carbocycles. The number of hydrogen-bond donors (Lipinski definition) is 2. The van der Waals surface area contributed by atoms with Crippen LogP contribution in [0.4, 0.5) is 28.8 Å². The Kier molecular flexibility index (Phi) is 5.31. The van der Waals surface area contributed by atoms with Crippen molar-refractivity contribution in [3.8, 4) is 0 Å². The van der Waals surface area contributed by atoms with Crippen molar-refractivity contribution in [1.29, 1.82) is 0 Å². The number of aryl methyl sites for hydroxylation is 2. The summed E-state index contributed by atoms with van der Waals surface area (Å²) in [7, 11) is 4.03. The molecule has 0 radical (unpaired) electrons. The van der Waals surface area contributed by atoms with Crippen molar-refractivity contribution in [1.82, 2.24) is 15.2 Å². The maximum Gasteiger partial charge on any atom is 0.249 e. The monoisotopic (exact) mass is 348 g/mol. The van der Waals surface area contributed by atoms with Crippen molar-refractivity contribution in [2.45, 2.75) is 20.3 Å². The highest BCUT2D eigenvalue weighted by Gasteiger charge is 2.07. The van der Waals surface area contributed by atoms with E-state index in [1.165, 1.54) is 11.1 Å². The van der Waals surface area contributed by atoms with Gasteiger partial charge in [0.05, 0.1) is 6.20 Å². The van der Waals surface area contributed by atoms with Gasteiger partial charge in [0, 0.05) is 31.2 Å². The third kappa shape index (κ3) is 4.08. The van der Waals surface area contributed by atoms with E-state index >= 15 is 0 Å². The van der Waals surface area contributed by atoms with Gasteiger partial charge < -0.3 is 15.5 Å². The summed E-state index contributed by atoms with van der Waals surface area (Å²) >= 11 is 0. The summed E-state index contributed by atoms with van der Waals surface area (Å²) in [5.41, 5.74) is 5.56. The lowest BCUT2D eigenvalue weighted by Gasteiger charge is -2.14. The van der Waals surface area contributed by atoms with Crippen LogP contribution in [0.2, 0.25) is 0 Å². The predicted octanol–water partition coefficient (Wildman–Crippen LogP) is 4.30. The second kappa shape index (κ2) is 7.82. The third-order valence-electron chi connectivity index (χ3n) is 4.19. The first kappa shape index (κ1) is 17.7. The van der Waals surface area contributed by atoms with Crippen LogP contribution in [0.15, 0.2) is 48.7 Å². The highest BCUT2D eigenvalue weighted by Crippen LogP contribution is 2.25. The number of para-hydroxylation sites is 1. The van der Waals surface area contributed by atoms with Gasteiger partial charge in [-0.2, -0.15) is 10.1 Å². The summed E-state index contributed by atoms with van der Waals surface area (Å²) in [6.07, 6.45) is 2.58. The fourth-order valence-electron chi connectivity index (χ4n) is 2.72. The average molecular weight is 348 g/mol. The molecule has 1 heterocycles. The Morgan fingerprint density at radius 3 is 2.46 bits per heavy atom. The minimum Gasteiger partial charge on any atom is -0.378 e. The molecule has 0 unspecified atom stereocenters. The smallest absolute Gasteiger partial charge is 0.249 e. The van der Waals surface area contributed by atoms with Crippen LogP contribution in [0.1, 0.15) is 18.1 Å². The van der Waals surface area contributed by atoms with E-state index in [0.717, 1.165) is 23.5 Å². The Hall–Kier alpha value is -3.15. The molecule has 2 N–H and O–H groups in total. The van der Waals surface area contributed by atoms with E-state index in [9.17, 15) is 0 Å². The van der Waals surface area contributed by atoms with Crippen molar-refractivity contribution < 1.29 is 0 Å². The molecule has 3 rings (SSSR count). The van der Waals surface area contributed by atoms with Gasteiger partial charge in [0.15, 0.2) is 5.82 Å². The highest BCUT2D eigenvalue weighted by molar-refractivity contribution is 5.65. The molecule has 26 heavy (non-hydrogen) atoms. The van der Waals surface area contributed by atoms with E-state index in [4.69, 9.17) is 0 Å². The zero-order chi connectivity index (χ0) is 18.5. The van der Waals surface area contributed by atoms with Gasteiger partial charge in [0.25, 0.3) is 0 Å². The van der Waals surface area contributed by atoms with Crippen molar-refractivity contribution >= 4 is 28.8 Å². The fraction of sp³-hybridized carbons (Fsp3) is 0.250. The first-order chi connectivity index (χ1) is 12.6. The second-order valence-corrected chi connectivity index (χ2v) is 6.32. The van der Waals surface area contributed by atoms with Crippen molar-refractivity contribution in [2.24, 2.45) is 0 Å². The molecule has 0 fully saturated rings. The Labute approximate surface area is 154 Å². The van der Waals surface area contributed by atoms with Crippen LogP contribution < -0.4 is 15.5 Å². The van der Waals surface area contributed by atoms with Gasteiger partial charge >= 0.3 is 0 Å². The molecule has 0 aliphatic rings. The van der Waals surface area contributed by atoms with E-state index in [2.05, 4.69) is 62.8 Å². The first-order valence-corrected chi connectivity index (χ1v) is 8.66. The van der Waals surface area contributed by atoms with E-state index in [1.807, 2.05) is 38.4 Å². The van der Waals surface area contributed by atoms with Crippen LogP contribution in [0, 0.1) is 6.92 Å². The summed E-state index contributed by atoms with van der Waals surface area (Å²) in [5, 5.41) is 14.7. The molecule has 0 aliphatic heterocycles. The van der Waals surface area contributed by atoms with E-state index in [1.54, 1.807) is 6.20 Å². The standard InChI is InChI=1S/C20H24N6/c1-5-15-8-6-7-14(2)19(15)23-18-13-21-25-20(24-18)22-16-9-11-17(12-10-16)26(3)4/h6-13H,5H2,1-4H3,(H2,22,23,24,25). The summed E-state index contributed by atoms with van der Waals surface area (Å²) in [6.45, 7) is 4.23. The van der Waals surface area contributed by atoms with Crippen LogP contribution in [0.3, 0.4) is 0 Å². The molecule has 6 heteroatoms. The normalized spacial score (nSPS) is 10.5. The molecular weight excluding hydrogens is 324 g/mol. The lowest BCUT2D eigenvalue weighted by Crippen LogP contribution is -2.08. The fourth-order valence-corrected chi connectivity index (χ4v) is 2.72. The zero-order valence-electron chi connectivity index (χ0n) is 15.6. The van der Waals surface area contributed by atoms with Gasteiger partial charge in [-0.3, -0.25) is 0 Å². The minimum absolute atomic E-state index is 0.458. The SMILES string of the molecule is CCc1cccc(C)c1Nc1cnnc(Nc2ccc(N(C)C)cc2)n1. The van der Waals surface area contributed by atoms with Crippen LogP contribution in [-0.4, -0.2) is 29.3 Å². The van der Waals surface area contributed by atoms with E-state index in [0.29, 0.717) is 11.8 Å². The molecule has 0 saturated heterocycles. The molecule has 2 aromatic carbocycles. The summed E-state index contributed by atoms with van der Waals surface area (Å²) in [5.74, 6) is 1.12. The zero-order valence-corrected chi connectivity index (χ0v) is 15.6. The Morgan fingerprint density at radius 1 is 1.00 bits per heavy atom. The van der Waals surface area contributed by atoms with Gasteiger partial charge in [-0.05, 0) is 48.7 Å². The molecule has 0 aliphatic carbocycles. The van der Waals surface area contributed by atoms with Crippen molar-refractivity contribution in [2.75, 3.05) is 29.6 Å². The summed E-state index contributed by atoms with van der Waals surface area (Å²) in [4.78, 5) is 6.59. The maximum absolute atomic E-state index is 4.53.